The summed E-state index contributed by atoms with van der Waals surface area (Å²) >= 11 is 0. The van der Waals surface area contributed by atoms with Crippen LogP contribution in [0.1, 0.15) is 0 Å². The molecule has 0 rings (SSSR count). The predicted molar refractivity (Wildman–Crippen MR) is 46.6 cm³/mol. The normalized spacial score (nSPS) is 13.5. The van der Waals surface area contributed by atoms with Crippen molar-refractivity contribution in [1.29, 1.82) is 0 Å². The molecule has 0 unspecified atom stereocenters. The first-order chi connectivity index (χ1) is 6.14. The van der Waals surface area contributed by atoms with E-state index in [1.807, 2.05) is 0 Å². The van der Waals surface area contributed by atoms with Crippen molar-refractivity contribution in [2.75, 3.05) is 19.8 Å². The summed E-state index contributed by atoms with van der Waals surface area (Å²) in [6.45, 7) is -1.57. The number of nitrogens with zero attached hydrogens (tertiary/aromatic N) is 3. The summed E-state index contributed by atoms with van der Waals surface area (Å²) in [6, 6.07) is -0.621. The minimum absolute atomic E-state index is 0.289. The summed E-state index contributed by atoms with van der Waals surface area (Å²) in [6.07, 6.45) is 0. The van der Waals surface area contributed by atoms with Crippen molar-refractivity contribution in [2.45, 2.75) is 11.7 Å². The predicted octanol–water partition coefficient (Wildman–Crippen LogP) is -2.05. The van der Waals surface area contributed by atoms with Crippen molar-refractivity contribution < 1.29 is 20.1 Å². The summed E-state index contributed by atoms with van der Waals surface area (Å²) in [5.41, 5.74) is 6.46. The lowest BCUT2D eigenvalue weighted by molar-refractivity contribution is -0.125. The Hall–Kier alpha value is -0.785. The Morgan fingerprint density at radius 2 is 2.00 bits per heavy atom. The highest BCUT2D eigenvalue weighted by Crippen LogP contribution is 2.13. The van der Waals surface area contributed by atoms with E-state index in [1.165, 1.54) is 7.85 Å². The van der Waals surface area contributed by atoms with E-state index < -0.39 is 24.9 Å². The molecule has 0 saturated carbocycles. The molecule has 13 heavy (non-hydrogen) atoms. The molecular weight excluding hydrogens is 177 g/mol. The first-order valence-corrected chi connectivity index (χ1v) is 3.70. The van der Waals surface area contributed by atoms with Gasteiger partial charge in [-0.15, -0.1) is 0 Å². The number of azide groups is 1. The number of ether oxygens (including phenoxy) is 1. The zero-order valence-corrected chi connectivity index (χ0v) is 7.29. The van der Waals surface area contributed by atoms with Crippen LogP contribution in [0.4, 0.5) is 0 Å². The molecule has 0 aliphatic heterocycles. The second-order valence-corrected chi connectivity index (χ2v) is 2.56. The molecule has 3 N–H and O–H groups in total. The fraction of sp³-hybridized carbons (Fsp3) is 1.00. The quantitative estimate of drug-likeness (QED) is 0.192. The van der Waals surface area contributed by atoms with E-state index in [-0.39, 0.29) is 6.61 Å². The van der Waals surface area contributed by atoms with Crippen molar-refractivity contribution >= 4 is 7.85 Å². The van der Waals surface area contributed by atoms with Gasteiger partial charge in [-0.25, -0.2) is 0 Å². The first kappa shape index (κ1) is 12.2. The highest BCUT2D eigenvalue weighted by Gasteiger charge is 2.30. The van der Waals surface area contributed by atoms with Crippen LogP contribution in [0.15, 0.2) is 5.11 Å². The van der Waals surface area contributed by atoms with Crippen LogP contribution in [0, 0.1) is 0 Å². The number of hydrogen-bond acceptors (Lipinski definition) is 5. The molecule has 0 aromatic heterocycles. The molecule has 1 atom stereocenters. The zero-order chi connectivity index (χ0) is 10.3. The molecule has 0 aliphatic carbocycles. The van der Waals surface area contributed by atoms with Gasteiger partial charge in [0.2, 0.25) is 0 Å². The van der Waals surface area contributed by atoms with E-state index in [9.17, 15) is 0 Å². The molecule has 8 heteroatoms. The molecule has 74 valence electrons. The molecular formula is C5H12BN3O4. The Kier molecular flexibility index (Phi) is 5.44. The van der Waals surface area contributed by atoms with Gasteiger partial charge in [0, 0.05) is 10.9 Å². The SMILES string of the molecule is B[C@@H](CO)OC(CO)(CO)N=[N+]=[N-]. The second kappa shape index (κ2) is 5.79. The lowest BCUT2D eigenvalue weighted by Crippen LogP contribution is -2.43. The maximum atomic E-state index is 8.82. The first-order valence-electron chi connectivity index (χ1n) is 3.70. The largest absolute Gasteiger partial charge is 0.394 e. The fourth-order valence-corrected chi connectivity index (χ4v) is 0.705. The lowest BCUT2D eigenvalue weighted by atomic mass is 10.0. The van der Waals surface area contributed by atoms with Crippen LogP contribution in [0.3, 0.4) is 0 Å². The maximum absolute atomic E-state index is 8.82. The van der Waals surface area contributed by atoms with Crippen LogP contribution >= 0.6 is 0 Å². The van der Waals surface area contributed by atoms with Crippen LogP contribution in [0.5, 0.6) is 0 Å². The standard InChI is InChI=1S/C5H12BN3O4/c6-4(1-10)13-5(2-11,3-12)8-9-7/h4,10-12H,1-3,6H2/t4-/m1/s1. The van der Waals surface area contributed by atoms with Gasteiger partial charge in [0.05, 0.1) is 19.8 Å². The molecule has 0 radical (unpaired) electrons. The van der Waals surface area contributed by atoms with Crippen LogP contribution in [0.25, 0.3) is 10.4 Å². The summed E-state index contributed by atoms with van der Waals surface area (Å²) in [4.78, 5) is 2.44. The van der Waals surface area contributed by atoms with Crippen molar-refractivity contribution in [3.63, 3.8) is 0 Å². The number of rotatable bonds is 6. The van der Waals surface area contributed by atoms with E-state index in [0.717, 1.165) is 0 Å². The molecule has 0 heterocycles. The molecule has 0 aromatic carbocycles. The minimum Gasteiger partial charge on any atom is -0.394 e. The average Bonchev–Trinajstić information content (AvgIpc) is 2.17. The van der Waals surface area contributed by atoms with Gasteiger partial charge < -0.3 is 20.1 Å². The van der Waals surface area contributed by atoms with Crippen LogP contribution in [0.2, 0.25) is 0 Å². The van der Waals surface area contributed by atoms with E-state index in [1.54, 1.807) is 0 Å². The van der Waals surface area contributed by atoms with Gasteiger partial charge in [-0.05, 0) is 5.53 Å². The summed E-state index contributed by atoms with van der Waals surface area (Å²) in [5, 5.41) is 29.4. The van der Waals surface area contributed by atoms with Crippen LogP contribution in [-0.2, 0) is 4.74 Å². The highest BCUT2D eigenvalue weighted by atomic mass is 16.5. The third kappa shape index (κ3) is 3.62. The van der Waals surface area contributed by atoms with Crippen LogP contribution in [-0.4, -0.2) is 54.7 Å². The third-order valence-corrected chi connectivity index (χ3v) is 1.40. The average molecular weight is 189 g/mol. The summed E-state index contributed by atoms with van der Waals surface area (Å²) < 4.78 is 4.96. The fourth-order valence-electron chi connectivity index (χ4n) is 0.705. The minimum atomic E-state index is -1.68. The van der Waals surface area contributed by atoms with Gasteiger partial charge in [0.1, 0.15) is 7.85 Å². The van der Waals surface area contributed by atoms with Crippen molar-refractivity contribution in [1.82, 2.24) is 0 Å². The number of aliphatic hydroxyl groups excluding tert-OH is 3. The van der Waals surface area contributed by atoms with E-state index in [4.69, 9.17) is 25.6 Å². The lowest BCUT2D eigenvalue weighted by Gasteiger charge is -2.27. The maximum Gasteiger partial charge on any atom is 0.192 e. The molecule has 7 nitrogen and oxygen atoms in total. The monoisotopic (exact) mass is 189 g/mol. The van der Waals surface area contributed by atoms with Gasteiger partial charge in [-0.1, -0.05) is 5.11 Å². The molecule has 0 aromatic rings. The van der Waals surface area contributed by atoms with Gasteiger partial charge in [0.15, 0.2) is 5.72 Å². The number of hydrogen-bond donors (Lipinski definition) is 3. The van der Waals surface area contributed by atoms with Gasteiger partial charge in [-0.3, -0.25) is 0 Å². The topological polar surface area (TPSA) is 119 Å². The van der Waals surface area contributed by atoms with E-state index in [2.05, 4.69) is 10.0 Å². The zero-order valence-electron chi connectivity index (χ0n) is 7.29. The smallest absolute Gasteiger partial charge is 0.192 e. The molecule has 0 bridgehead atoms. The Bertz CT molecular complexity index is 192. The molecule has 0 amide bonds. The third-order valence-electron chi connectivity index (χ3n) is 1.40. The van der Waals surface area contributed by atoms with E-state index in [0.29, 0.717) is 0 Å². The molecule has 0 aliphatic rings. The van der Waals surface area contributed by atoms with Crippen molar-refractivity contribution in [3.05, 3.63) is 10.4 Å². The van der Waals surface area contributed by atoms with Crippen LogP contribution < -0.4 is 0 Å². The Morgan fingerprint density at radius 3 is 2.31 bits per heavy atom. The summed E-state index contributed by atoms with van der Waals surface area (Å²) in [7, 11) is 1.52. The van der Waals surface area contributed by atoms with Crippen molar-refractivity contribution in [2.24, 2.45) is 5.11 Å². The van der Waals surface area contributed by atoms with Gasteiger partial charge >= 0.3 is 0 Å². The number of aliphatic hydroxyl groups is 3. The molecule has 0 saturated heterocycles. The highest BCUT2D eigenvalue weighted by molar-refractivity contribution is 6.11. The second-order valence-electron chi connectivity index (χ2n) is 2.56. The Balaban J connectivity index is 4.46. The molecule has 0 fully saturated rings. The summed E-state index contributed by atoms with van der Waals surface area (Å²) in [5.74, 6) is 0. The van der Waals surface area contributed by atoms with Crippen molar-refractivity contribution in [3.8, 4) is 0 Å². The van der Waals surface area contributed by atoms with Gasteiger partial charge in [-0.2, -0.15) is 0 Å². The Morgan fingerprint density at radius 1 is 1.46 bits per heavy atom. The van der Waals surface area contributed by atoms with Gasteiger partial charge in [0.25, 0.3) is 0 Å². The van der Waals surface area contributed by atoms with E-state index >= 15 is 0 Å². The Labute approximate surface area is 76.0 Å². The molecule has 0 spiro atoms.